The number of furan rings is 1. The van der Waals surface area contributed by atoms with Gasteiger partial charge in [0.25, 0.3) is 0 Å². The van der Waals surface area contributed by atoms with E-state index in [0.29, 0.717) is 6.79 Å². The summed E-state index contributed by atoms with van der Waals surface area (Å²) in [6.07, 6.45) is 0. The second kappa shape index (κ2) is 6.26. The van der Waals surface area contributed by atoms with Crippen molar-refractivity contribution in [2.24, 2.45) is 0 Å². The van der Waals surface area contributed by atoms with E-state index < -0.39 is 0 Å². The number of hydrogen-bond donors (Lipinski definition) is 2. The zero-order valence-corrected chi connectivity index (χ0v) is 13.6. The monoisotopic (exact) mass is 316 g/mol. The number of piperazine rings is 1. The molecule has 23 heavy (non-hydrogen) atoms. The maximum atomic E-state index is 5.70. The van der Waals surface area contributed by atoms with E-state index in [9.17, 15) is 0 Å². The van der Waals surface area contributed by atoms with Crippen LogP contribution in [0.25, 0.3) is 0 Å². The molecule has 4 rings (SSSR count). The lowest BCUT2D eigenvalue weighted by molar-refractivity contribution is -1.02. The molecule has 2 aliphatic rings. The minimum atomic E-state index is 0.347. The second-order valence-electron chi connectivity index (χ2n) is 6.55. The van der Waals surface area contributed by atoms with Crippen LogP contribution in [0.5, 0.6) is 11.5 Å². The van der Waals surface area contributed by atoms with Crippen LogP contribution >= 0.6 is 0 Å². The van der Waals surface area contributed by atoms with Crippen LogP contribution < -0.4 is 19.3 Å². The lowest BCUT2D eigenvalue weighted by atomic mass is 10.1. The minimum Gasteiger partial charge on any atom is -0.460 e. The van der Waals surface area contributed by atoms with Crippen LogP contribution in [0.4, 0.5) is 0 Å². The summed E-state index contributed by atoms with van der Waals surface area (Å²) in [7, 11) is 0. The van der Waals surface area contributed by atoms with Crippen LogP contribution in [0, 0.1) is 6.92 Å². The van der Waals surface area contributed by atoms with E-state index in [1.807, 2.05) is 13.0 Å². The third-order valence-corrected chi connectivity index (χ3v) is 4.78. The molecule has 2 aromatic rings. The first-order chi connectivity index (χ1) is 11.3. The van der Waals surface area contributed by atoms with Gasteiger partial charge in [-0.15, -0.1) is 0 Å². The molecule has 2 N–H and O–H groups in total. The Balaban J connectivity index is 1.29. The van der Waals surface area contributed by atoms with Gasteiger partial charge < -0.3 is 23.7 Å². The van der Waals surface area contributed by atoms with Crippen molar-refractivity contribution in [3.8, 4) is 11.5 Å². The van der Waals surface area contributed by atoms with E-state index in [2.05, 4.69) is 24.3 Å². The van der Waals surface area contributed by atoms with Gasteiger partial charge in [-0.2, -0.15) is 0 Å². The predicted octanol–water partition coefficient (Wildman–Crippen LogP) is -0.200. The van der Waals surface area contributed by atoms with E-state index in [4.69, 9.17) is 13.9 Å². The first-order valence-corrected chi connectivity index (χ1v) is 8.37. The summed E-state index contributed by atoms with van der Waals surface area (Å²) < 4.78 is 16.5. The second-order valence-corrected chi connectivity index (χ2v) is 6.55. The topological polar surface area (TPSA) is 40.5 Å². The number of nitrogens with one attached hydrogen (secondary N) is 2. The van der Waals surface area contributed by atoms with Crippen molar-refractivity contribution in [2.45, 2.75) is 20.0 Å². The van der Waals surface area contributed by atoms with E-state index in [1.165, 1.54) is 31.7 Å². The number of aryl methyl sites for hydroxylation is 1. The zero-order chi connectivity index (χ0) is 15.6. The van der Waals surface area contributed by atoms with Crippen LogP contribution in [-0.2, 0) is 13.1 Å². The average Bonchev–Trinajstić information content (AvgIpc) is 3.17. The highest BCUT2D eigenvalue weighted by molar-refractivity contribution is 5.44. The molecule has 5 heteroatoms. The molecule has 5 nitrogen and oxygen atoms in total. The molecule has 0 spiro atoms. The van der Waals surface area contributed by atoms with Gasteiger partial charge in [0.1, 0.15) is 45.0 Å². The average molecular weight is 316 g/mol. The zero-order valence-electron chi connectivity index (χ0n) is 13.6. The van der Waals surface area contributed by atoms with Crippen LogP contribution in [0.15, 0.2) is 34.7 Å². The van der Waals surface area contributed by atoms with Gasteiger partial charge in [0.05, 0.1) is 0 Å². The molecule has 1 aromatic heterocycles. The third-order valence-electron chi connectivity index (χ3n) is 4.78. The van der Waals surface area contributed by atoms with E-state index in [0.717, 1.165) is 36.1 Å². The van der Waals surface area contributed by atoms with Crippen molar-refractivity contribution >= 4 is 0 Å². The van der Waals surface area contributed by atoms with Gasteiger partial charge in [0.15, 0.2) is 17.3 Å². The summed E-state index contributed by atoms with van der Waals surface area (Å²) in [6.45, 7) is 9.20. The fourth-order valence-electron chi connectivity index (χ4n) is 3.48. The van der Waals surface area contributed by atoms with Crippen LogP contribution in [0.3, 0.4) is 0 Å². The molecule has 1 saturated heterocycles. The lowest BCUT2D eigenvalue weighted by Crippen LogP contribution is -3.27. The molecule has 0 aliphatic carbocycles. The van der Waals surface area contributed by atoms with Crippen molar-refractivity contribution in [2.75, 3.05) is 33.0 Å². The molecule has 0 amide bonds. The highest BCUT2D eigenvalue weighted by atomic mass is 16.7. The summed E-state index contributed by atoms with van der Waals surface area (Å²) in [5.74, 6) is 3.87. The summed E-state index contributed by atoms with van der Waals surface area (Å²) >= 11 is 0. The Morgan fingerprint density at radius 1 is 0.870 bits per heavy atom. The highest BCUT2D eigenvalue weighted by Gasteiger charge is 2.24. The smallest absolute Gasteiger partial charge is 0.231 e. The highest BCUT2D eigenvalue weighted by Crippen LogP contribution is 2.32. The maximum Gasteiger partial charge on any atom is 0.231 e. The Hall–Kier alpha value is -1.98. The molecular weight excluding hydrogens is 292 g/mol. The third kappa shape index (κ3) is 3.35. The van der Waals surface area contributed by atoms with E-state index >= 15 is 0 Å². The number of benzene rings is 1. The Morgan fingerprint density at radius 3 is 2.35 bits per heavy atom. The fourth-order valence-corrected chi connectivity index (χ4v) is 3.48. The van der Waals surface area contributed by atoms with Gasteiger partial charge in [0, 0.05) is 5.56 Å². The Kier molecular flexibility index (Phi) is 3.97. The molecule has 2 aliphatic heterocycles. The Morgan fingerprint density at radius 2 is 1.61 bits per heavy atom. The van der Waals surface area contributed by atoms with Crippen LogP contribution in [0.1, 0.15) is 17.1 Å². The molecule has 1 aromatic carbocycles. The Labute approximate surface area is 136 Å². The lowest BCUT2D eigenvalue weighted by Gasteiger charge is -2.29. The molecule has 0 radical (unpaired) electrons. The standard InChI is InChI=1S/C18H22N2O3/c1-14-2-4-16(23-14)12-20-8-6-19(7-9-20)11-15-3-5-17-18(10-15)22-13-21-17/h2-5,10H,6-9,11-13H2,1H3/p+2. The van der Waals surface area contributed by atoms with Gasteiger partial charge >= 0.3 is 0 Å². The molecular formula is C18H24N2O3+2. The van der Waals surface area contributed by atoms with Gasteiger partial charge in [0.2, 0.25) is 6.79 Å². The molecule has 0 bridgehead atoms. The SMILES string of the molecule is Cc1ccc(C[NH+]2CC[NH+](Cc3ccc4c(c3)OCO4)CC2)o1. The Bertz CT molecular complexity index is 675. The van der Waals surface area contributed by atoms with Crippen LogP contribution in [-0.4, -0.2) is 33.0 Å². The quantitative estimate of drug-likeness (QED) is 0.821. The van der Waals surface area contributed by atoms with Crippen molar-refractivity contribution in [3.63, 3.8) is 0 Å². The fraction of sp³-hybridized carbons (Fsp3) is 0.444. The summed E-state index contributed by atoms with van der Waals surface area (Å²) in [5.41, 5.74) is 1.33. The van der Waals surface area contributed by atoms with Crippen LogP contribution in [0.2, 0.25) is 0 Å². The first kappa shape index (κ1) is 14.6. The maximum absolute atomic E-state index is 5.70. The molecule has 1 fully saturated rings. The van der Waals surface area contributed by atoms with Gasteiger partial charge in [-0.05, 0) is 37.3 Å². The van der Waals surface area contributed by atoms with Crippen molar-refractivity contribution in [1.29, 1.82) is 0 Å². The summed E-state index contributed by atoms with van der Waals surface area (Å²) in [5, 5.41) is 0. The molecule has 122 valence electrons. The van der Waals surface area contributed by atoms with Crippen molar-refractivity contribution in [3.05, 3.63) is 47.4 Å². The predicted molar refractivity (Wildman–Crippen MR) is 84.8 cm³/mol. The number of ether oxygens (including phenoxy) is 2. The molecule has 0 unspecified atom stereocenters. The molecule has 3 heterocycles. The van der Waals surface area contributed by atoms with Gasteiger partial charge in [-0.1, -0.05) is 0 Å². The molecule has 0 saturated carbocycles. The summed E-state index contributed by atoms with van der Waals surface area (Å²) in [4.78, 5) is 3.26. The van der Waals surface area contributed by atoms with Crippen molar-refractivity contribution < 1.29 is 23.7 Å². The number of fused-ring (bicyclic) bond motifs is 1. The van der Waals surface area contributed by atoms with E-state index in [1.54, 1.807) is 9.80 Å². The summed E-state index contributed by atoms with van der Waals surface area (Å²) in [6, 6.07) is 10.5. The van der Waals surface area contributed by atoms with E-state index in [-0.39, 0.29) is 0 Å². The largest absolute Gasteiger partial charge is 0.460 e. The molecule has 0 atom stereocenters. The number of hydrogen-bond acceptors (Lipinski definition) is 3. The number of rotatable bonds is 4. The first-order valence-electron chi connectivity index (χ1n) is 8.37. The normalized spacial score (nSPS) is 23.2. The van der Waals surface area contributed by atoms with Crippen molar-refractivity contribution in [1.82, 2.24) is 0 Å². The minimum absolute atomic E-state index is 0.347. The van der Waals surface area contributed by atoms with Gasteiger partial charge in [-0.3, -0.25) is 0 Å². The number of quaternary nitrogens is 2. The van der Waals surface area contributed by atoms with Gasteiger partial charge in [-0.25, -0.2) is 0 Å².